The number of hydrogen-bond donors (Lipinski definition) is 1. The quantitative estimate of drug-likeness (QED) is 0.536. The highest BCUT2D eigenvalue weighted by Crippen LogP contribution is 2.23. The summed E-state index contributed by atoms with van der Waals surface area (Å²) < 4.78 is 25.2. The van der Waals surface area contributed by atoms with Gasteiger partial charge in [-0.1, -0.05) is 37.3 Å². The number of rotatable bonds is 8. The first kappa shape index (κ1) is 21.4. The van der Waals surface area contributed by atoms with Crippen LogP contribution in [0, 0.1) is 10.1 Å². The first-order valence-electron chi connectivity index (χ1n) is 8.72. The topological polar surface area (TPSA) is 110 Å². The number of carbonyl (C=O) groups is 1. The summed E-state index contributed by atoms with van der Waals surface area (Å²) in [5, 5.41) is 13.7. The lowest BCUT2D eigenvalue weighted by Crippen LogP contribution is -2.41. The van der Waals surface area contributed by atoms with Crippen molar-refractivity contribution in [2.24, 2.45) is 0 Å². The van der Waals surface area contributed by atoms with Gasteiger partial charge in [0.05, 0.1) is 22.9 Å². The maximum atomic E-state index is 12.4. The van der Waals surface area contributed by atoms with Crippen LogP contribution < -0.4 is 9.62 Å². The third-order valence-electron chi connectivity index (χ3n) is 4.28. The molecular formula is C19H23N3O5S. The first-order chi connectivity index (χ1) is 13.1. The van der Waals surface area contributed by atoms with E-state index in [2.05, 4.69) is 5.32 Å². The summed E-state index contributed by atoms with van der Waals surface area (Å²) in [4.78, 5) is 22.8. The van der Waals surface area contributed by atoms with Gasteiger partial charge in [-0.3, -0.25) is 19.2 Å². The Morgan fingerprint density at radius 3 is 2.39 bits per heavy atom. The molecule has 0 spiro atoms. The molecule has 2 aromatic rings. The second-order valence-electron chi connectivity index (χ2n) is 6.43. The molecule has 0 aromatic heterocycles. The van der Waals surface area contributed by atoms with E-state index in [4.69, 9.17) is 0 Å². The minimum atomic E-state index is -3.82. The summed E-state index contributed by atoms with van der Waals surface area (Å²) in [5.74, 6) is -0.510. The van der Waals surface area contributed by atoms with E-state index in [0.717, 1.165) is 28.6 Å². The summed E-state index contributed by atoms with van der Waals surface area (Å²) in [6.07, 6.45) is 1.86. The Balaban J connectivity index is 2.17. The van der Waals surface area contributed by atoms with Crippen LogP contribution in [-0.4, -0.2) is 32.0 Å². The third-order valence-corrected chi connectivity index (χ3v) is 5.42. The molecule has 0 aliphatic rings. The summed E-state index contributed by atoms with van der Waals surface area (Å²) >= 11 is 0. The number of hydrogen-bond acceptors (Lipinski definition) is 5. The Labute approximate surface area is 164 Å². The zero-order chi connectivity index (χ0) is 20.9. The van der Waals surface area contributed by atoms with Crippen molar-refractivity contribution < 1.29 is 18.1 Å². The van der Waals surface area contributed by atoms with Gasteiger partial charge in [0.25, 0.3) is 5.69 Å². The SMILES string of the molecule is CCc1ccc(C(C)NC(=O)CN(c2cccc([N+](=O)[O-])c2)S(C)(=O)=O)cc1. The second kappa shape index (κ2) is 8.83. The van der Waals surface area contributed by atoms with Crippen molar-refractivity contribution >= 4 is 27.3 Å². The molecular weight excluding hydrogens is 382 g/mol. The van der Waals surface area contributed by atoms with Crippen LogP contribution in [0.2, 0.25) is 0 Å². The lowest BCUT2D eigenvalue weighted by atomic mass is 10.1. The molecule has 1 atom stereocenters. The van der Waals surface area contributed by atoms with Gasteiger partial charge in [0.15, 0.2) is 0 Å². The van der Waals surface area contributed by atoms with Gasteiger partial charge in [-0.15, -0.1) is 0 Å². The Kier molecular flexibility index (Phi) is 6.74. The molecule has 1 unspecified atom stereocenters. The first-order valence-corrected chi connectivity index (χ1v) is 10.6. The molecule has 0 aliphatic heterocycles. The van der Waals surface area contributed by atoms with Crippen LogP contribution >= 0.6 is 0 Å². The van der Waals surface area contributed by atoms with Crippen molar-refractivity contribution in [3.8, 4) is 0 Å². The molecule has 8 nitrogen and oxygen atoms in total. The highest BCUT2D eigenvalue weighted by molar-refractivity contribution is 7.92. The van der Waals surface area contributed by atoms with Crippen molar-refractivity contribution in [3.05, 3.63) is 69.8 Å². The number of carbonyl (C=O) groups excluding carboxylic acids is 1. The lowest BCUT2D eigenvalue weighted by Gasteiger charge is -2.23. The van der Waals surface area contributed by atoms with Gasteiger partial charge in [0.2, 0.25) is 15.9 Å². The van der Waals surface area contributed by atoms with E-state index in [1.165, 1.54) is 23.8 Å². The van der Waals surface area contributed by atoms with Crippen LogP contribution in [0.1, 0.15) is 31.0 Å². The van der Waals surface area contributed by atoms with E-state index >= 15 is 0 Å². The van der Waals surface area contributed by atoms with E-state index in [-0.39, 0.29) is 17.4 Å². The number of non-ortho nitro benzene ring substituents is 1. The number of aryl methyl sites for hydroxylation is 1. The van der Waals surface area contributed by atoms with Gasteiger partial charge < -0.3 is 5.32 Å². The van der Waals surface area contributed by atoms with Crippen molar-refractivity contribution in [1.29, 1.82) is 0 Å². The molecule has 1 N–H and O–H groups in total. The van der Waals surface area contributed by atoms with Crippen molar-refractivity contribution in [3.63, 3.8) is 0 Å². The average molecular weight is 405 g/mol. The van der Waals surface area contributed by atoms with E-state index in [0.29, 0.717) is 0 Å². The number of amides is 1. The molecule has 0 bridgehead atoms. The zero-order valence-electron chi connectivity index (χ0n) is 16.0. The van der Waals surface area contributed by atoms with Crippen molar-refractivity contribution in [2.45, 2.75) is 26.3 Å². The maximum absolute atomic E-state index is 12.4. The molecule has 2 aromatic carbocycles. The number of sulfonamides is 1. The lowest BCUT2D eigenvalue weighted by molar-refractivity contribution is -0.384. The fourth-order valence-electron chi connectivity index (χ4n) is 2.70. The predicted molar refractivity (Wildman–Crippen MR) is 108 cm³/mol. The van der Waals surface area contributed by atoms with E-state index < -0.39 is 27.4 Å². The number of anilines is 1. The van der Waals surface area contributed by atoms with Crippen LogP contribution in [-0.2, 0) is 21.2 Å². The molecule has 9 heteroatoms. The van der Waals surface area contributed by atoms with Crippen LogP contribution in [0.4, 0.5) is 11.4 Å². The number of benzene rings is 2. The summed E-state index contributed by atoms with van der Waals surface area (Å²) in [6.45, 7) is 3.38. The molecule has 2 rings (SSSR count). The molecule has 150 valence electrons. The van der Waals surface area contributed by atoms with E-state index in [1.54, 1.807) is 6.92 Å². The van der Waals surface area contributed by atoms with Gasteiger partial charge in [0, 0.05) is 12.1 Å². The summed E-state index contributed by atoms with van der Waals surface area (Å²) in [7, 11) is -3.82. The average Bonchev–Trinajstić information content (AvgIpc) is 2.65. The molecule has 1 amide bonds. The van der Waals surface area contributed by atoms with Gasteiger partial charge in [-0.05, 0) is 30.5 Å². The fourth-order valence-corrected chi connectivity index (χ4v) is 3.55. The van der Waals surface area contributed by atoms with Crippen molar-refractivity contribution in [2.75, 3.05) is 17.1 Å². The zero-order valence-corrected chi connectivity index (χ0v) is 16.8. The summed E-state index contributed by atoms with van der Waals surface area (Å²) in [5.41, 5.74) is 1.88. The maximum Gasteiger partial charge on any atom is 0.271 e. The molecule has 0 fully saturated rings. The Morgan fingerprint density at radius 2 is 1.86 bits per heavy atom. The Hall–Kier alpha value is -2.94. The summed E-state index contributed by atoms with van der Waals surface area (Å²) in [6, 6.07) is 12.6. The minimum absolute atomic E-state index is 0.0619. The van der Waals surface area contributed by atoms with Gasteiger partial charge >= 0.3 is 0 Å². The smallest absolute Gasteiger partial charge is 0.271 e. The van der Waals surface area contributed by atoms with Crippen LogP contribution in [0.3, 0.4) is 0 Å². The van der Waals surface area contributed by atoms with E-state index in [1.807, 2.05) is 31.2 Å². The highest BCUT2D eigenvalue weighted by Gasteiger charge is 2.23. The number of nitrogens with zero attached hydrogens (tertiary/aromatic N) is 2. The number of nitro groups is 1. The molecule has 0 saturated heterocycles. The largest absolute Gasteiger partial charge is 0.348 e. The van der Waals surface area contributed by atoms with Crippen LogP contribution in [0.15, 0.2) is 48.5 Å². The highest BCUT2D eigenvalue weighted by atomic mass is 32.2. The minimum Gasteiger partial charge on any atom is -0.348 e. The predicted octanol–water partition coefficient (Wildman–Crippen LogP) is 2.80. The monoisotopic (exact) mass is 405 g/mol. The fraction of sp³-hybridized carbons (Fsp3) is 0.316. The third kappa shape index (κ3) is 5.53. The number of nitrogens with one attached hydrogen (secondary N) is 1. The molecule has 0 heterocycles. The van der Waals surface area contributed by atoms with Gasteiger partial charge in [-0.2, -0.15) is 0 Å². The normalized spacial score (nSPS) is 12.2. The van der Waals surface area contributed by atoms with Crippen molar-refractivity contribution in [1.82, 2.24) is 5.32 Å². The second-order valence-corrected chi connectivity index (χ2v) is 8.34. The number of nitro benzene ring substituents is 1. The molecule has 0 aliphatic carbocycles. The van der Waals surface area contributed by atoms with E-state index in [9.17, 15) is 23.3 Å². The van der Waals surface area contributed by atoms with Gasteiger partial charge in [-0.25, -0.2) is 8.42 Å². The Bertz CT molecular complexity index is 958. The van der Waals surface area contributed by atoms with Crippen LogP contribution in [0.25, 0.3) is 0 Å². The van der Waals surface area contributed by atoms with Crippen LogP contribution in [0.5, 0.6) is 0 Å². The molecule has 0 saturated carbocycles. The van der Waals surface area contributed by atoms with Gasteiger partial charge in [0.1, 0.15) is 6.54 Å². The standard InChI is InChI=1S/C19H23N3O5S/c1-4-15-8-10-16(11-9-15)14(2)20-19(23)13-21(28(3,26)27)17-6-5-7-18(12-17)22(24)25/h5-12,14H,4,13H2,1-3H3,(H,20,23). The Morgan fingerprint density at radius 1 is 1.21 bits per heavy atom. The molecule has 28 heavy (non-hydrogen) atoms. The molecule has 0 radical (unpaired) electrons.